The van der Waals surface area contributed by atoms with Gasteiger partial charge in [-0.1, -0.05) is 11.6 Å². The zero-order valence-corrected chi connectivity index (χ0v) is 15.3. The van der Waals surface area contributed by atoms with Crippen molar-refractivity contribution in [3.05, 3.63) is 45.6 Å². The number of rotatable bonds is 3. The maximum absolute atomic E-state index is 8.42. The van der Waals surface area contributed by atoms with Crippen molar-refractivity contribution in [3.8, 4) is 0 Å². The first-order valence-corrected chi connectivity index (χ1v) is 9.40. The summed E-state index contributed by atoms with van der Waals surface area (Å²) in [5.41, 5.74) is 1.27. The Labute approximate surface area is 158 Å². The summed E-state index contributed by atoms with van der Waals surface area (Å²) in [7, 11) is 0. The van der Waals surface area contributed by atoms with E-state index in [1.807, 2.05) is 5.38 Å². The fourth-order valence-electron chi connectivity index (χ4n) is 3.22. The van der Waals surface area contributed by atoms with E-state index in [1.54, 1.807) is 36.0 Å². The molecule has 0 radical (unpaired) electrons. The summed E-state index contributed by atoms with van der Waals surface area (Å²) in [5, 5.41) is 20.4. The zero-order chi connectivity index (χ0) is 18.1. The molecule has 3 N–H and O–H groups in total. The van der Waals surface area contributed by atoms with Crippen LogP contribution < -0.4 is 0 Å². The summed E-state index contributed by atoms with van der Waals surface area (Å²) < 4.78 is 0. The van der Waals surface area contributed by atoms with Crippen LogP contribution >= 0.6 is 22.9 Å². The van der Waals surface area contributed by atoms with Gasteiger partial charge < -0.3 is 15.3 Å². The Morgan fingerprint density at radius 2 is 2.35 bits per heavy atom. The quantitative estimate of drug-likeness (QED) is 0.470. The minimum atomic E-state index is 0.0728. The number of halogens is 1. The van der Waals surface area contributed by atoms with Crippen LogP contribution in [0.5, 0.6) is 0 Å². The second-order valence-corrected chi connectivity index (χ2v) is 7.30. The summed E-state index contributed by atoms with van der Waals surface area (Å²) in [5.74, 6) is 0.542. The number of aromatic amines is 1. The molecule has 9 heteroatoms. The maximum Gasteiger partial charge on any atom is 0.156 e. The highest BCUT2D eigenvalue weighted by Crippen LogP contribution is 2.33. The van der Waals surface area contributed by atoms with Crippen molar-refractivity contribution in [2.24, 2.45) is 4.99 Å². The molecule has 132 valence electrons. The standard InChI is InChI=1S/C17H16ClN7S/c18-10-6-11-12(9-23-16(11)22-8-10)15(20)24-14(7-19)25-4-1-2-13(25)17-21-3-5-26-17/h3,5-9,13,19-20H,1-2,4H2,(H,22,23). The lowest BCUT2D eigenvalue weighted by atomic mass is 10.2. The average molecular weight is 386 g/mol. The number of pyridine rings is 1. The van der Waals surface area contributed by atoms with Crippen LogP contribution in [0.4, 0.5) is 0 Å². The molecule has 3 aromatic rings. The average Bonchev–Trinajstić information content (AvgIpc) is 3.37. The smallest absolute Gasteiger partial charge is 0.156 e. The Morgan fingerprint density at radius 1 is 1.46 bits per heavy atom. The van der Waals surface area contributed by atoms with Crippen molar-refractivity contribution in [1.29, 1.82) is 10.8 Å². The molecule has 1 fully saturated rings. The highest BCUT2D eigenvalue weighted by Gasteiger charge is 2.30. The zero-order valence-electron chi connectivity index (χ0n) is 13.7. The number of hydrogen-bond donors (Lipinski definition) is 3. The Morgan fingerprint density at radius 3 is 3.12 bits per heavy atom. The summed E-state index contributed by atoms with van der Waals surface area (Å²) in [4.78, 5) is 18.1. The molecule has 1 atom stereocenters. The summed E-state index contributed by atoms with van der Waals surface area (Å²) in [6.45, 7) is 0.799. The molecule has 0 amide bonds. The lowest BCUT2D eigenvalue weighted by Gasteiger charge is -2.24. The third-order valence-corrected chi connectivity index (χ3v) is 5.48. The molecular weight excluding hydrogens is 370 g/mol. The number of thiazole rings is 1. The van der Waals surface area contributed by atoms with E-state index >= 15 is 0 Å². The van der Waals surface area contributed by atoms with E-state index < -0.39 is 0 Å². The molecule has 3 aromatic heterocycles. The molecule has 1 aliphatic rings. The van der Waals surface area contributed by atoms with E-state index in [2.05, 4.69) is 24.8 Å². The Hall–Kier alpha value is -2.58. The van der Waals surface area contributed by atoms with Crippen LogP contribution in [0.2, 0.25) is 5.02 Å². The molecule has 0 aliphatic carbocycles. The summed E-state index contributed by atoms with van der Waals surface area (Å²) in [6, 6.07) is 1.88. The molecule has 26 heavy (non-hydrogen) atoms. The topological polar surface area (TPSA) is 105 Å². The normalized spacial score (nSPS) is 17.8. The van der Waals surface area contributed by atoms with Gasteiger partial charge >= 0.3 is 0 Å². The Bertz CT molecular complexity index is 992. The largest absolute Gasteiger partial charge is 0.346 e. The van der Waals surface area contributed by atoms with Gasteiger partial charge in [-0.2, -0.15) is 0 Å². The SMILES string of the molecule is N=CC(=NC(=N)c1c[nH]c2ncc(Cl)cc12)N1CCCC1c1nccs1. The van der Waals surface area contributed by atoms with Gasteiger partial charge in [-0.25, -0.2) is 15.0 Å². The molecule has 0 spiro atoms. The van der Waals surface area contributed by atoms with Crippen LogP contribution in [-0.2, 0) is 0 Å². The van der Waals surface area contributed by atoms with Gasteiger partial charge in [0.1, 0.15) is 16.5 Å². The summed E-state index contributed by atoms with van der Waals surface area (Å²) >= 11 is 7.64. The fraction of sp³-hybridized carbons (Fsp3) is 0.235. The first-order chi connectivity index (χ1) is 12.7. The molecule has 1 aliphatic heterocycles. The molecule has 4 heterocycles. The van der Waals surface area contributed by atoms with Crippen molar-refractivity contribution in [2.75, 3.05) is 6.54 Å². The van der Waals surface area contributed by atoms with E-state index in [-0.39, 0.29) is 11.9 Å². The predicted octanol–water partition coefficient (Wildman–Crippen LogP) is 3.88. The van der Waals surface area contributed by atoms with Gasteiger partial charge in [0.2, 0.25) is 0 Å². The fourth-order valence-corrected chi connectivity index (χ4v) is 4.17. The number of nitrogens with zero attached hydrogens (tertiary/aromatic N) is 4. The van der Waals surface area contributed by atoms with Gasteiger partial charge in [0.05, 0.1) is 17.3 Å². The molecule has 0 bridgehead atoms. The van der Waals surface area contributed by atoms with Gasteiger partial charge in [0.25, 0.3) is 0 Å². The number of fused-ring (bicyclic) bond motifs is 1. The second kappa shape index (κ2) is 6.97. The van der Waals surface area contributed by atoms with E-state index in [0.717, 1.165) is 29.8 Å². The highest BCUT2D eigenvalue weighted by molar-refractivity contribution is 7.09. The summed E-state index contributed by atoms with van der Waals surface area (Å²) in [6.07, 6.45) is 8.24. The maximum atomic E-state index is 8.42. The van der Waals surface area contributed by atoms with E-state index in [9.17, 15) is 0 Å². The van der Waals surface area contributed by atoms with Crippen LogP contribution in [0, 0.1) is 10.8 Å². The van der Waals surface area contributed by atoms with Crippen molar-refractivity contribution >= 4 is 51.9 Å². The Kier molecular flexibility index (Phi) is 4.52. The minimum Gasteiger partial charge on any atom is -0.346 e. The van der Waals surface area contributed by atoms with E-state index in [1.165, 1.54) is 6.21 Å². The van der Waals surface area contributed by atoms with Crippen molar-refractivity contribution < 1.29 is 0 Å². The van der Waals surface area contributed by atoms with Gasteiger partial charge in [0, 0.05) is 41.5 Å². The van der Waals surface area contributed by atoms with Gasteiger partial charge in [-0.3, -0.25) is 5.41 Å². The molecule has 0 aromatic carbocycles. The number of aliphatic imine (C=N–C) groups is 1. The molecule has 1 saturated heterocycles. The third kappa shape index (κ3) is 3.02. The molecule has 0 saturated carbocycles. The lowest BCUT2D eigenvalue weighted by molar-refractivity contribution is 0.405. The van der Waals surface area contributed by atoms with Crippen molar-refractivity contribution in [1.82, 2.24) is 19.9 Å². The van der Waals surface area contributed by atoms with Crippen molar-refractivity contribution in [2.45, 2.75) is 18.9 Å². The van der Waals surface area contributed by atoms with Gasteiger partial charge in [0.15, 0.2) is 5.84 Å². The molecule has 4 rings (SSSR count). The number of aromatic nitrogens is 3. The Balaban J connectivity index is 1.67. The molecule has 1 unspecified atom stereocenters. The highest BCUT2D eigenvalue weighted by atomic mass is 35.5. The monoisotopic (exact) mass is 385 g/mol. The molecule has 7 nitrogen and oxygen atoms in total. The first kappa shape index (κ1) is 16.9. The third-order valence-electron chi connectivity index (χ3n) is 4.39. The number of H-pyrrole nitrogens is 1. The van der Waals surface area contributed by atoms with Crippen LogP contribution in [0.1, 0.15) is 29.5 Å². The lowest BCUT2D eigenvalue weighted by Crippen LogP contribution is -2.32. The number of hydrogen-bond acceptors (Lipinski definition) is 5. The van der Waals surface area contributed by atoms with Crippen LogP contribution in [0.25, 0.3) is 11.0 Å². The minimum absolute atomic E-state index is 0.0728. The number of amidine groups is 2. The van der Waals surface area contributed by atoms with E-state index in [4.69, 9.17) is 22.4 Å². The van der Waals surface area contributed by atoms with Gasteiger partial charge in [-0.05, 0) is 18.9 Å². The van der Waals surface area contributed by atoms with Crippen LogP contribution in [0.3, 0.4) is 0 Å². The molecular formula is C17H16ClN7S. The van der Waals surface area contributed by atoms with Gasteiger partial charge in [-0.15, -0.1) is 11.3 Å². The van der Waals surface area contributed by atoms with Crippen LogP contribution in [-0.4, -0.2) is 44.3 Å². The second-order valence-electron chi connectivity index (χ2n) is 5.94. The van der Waals surface area contributed by atoms with E-state index in [0.29, 0.717) is 22.1 Å². The van der Waals surface area contributed by atoms with Crippen molar-refractivity contribution in [3.63, 3.8) is 0 Å². The predicted molar refractivity (Wildman–Crippen MR) is 105 cm³/mol. The number of likely N-dealkylation sites (tertiary alicyclic amines) is 1. The number of nitrogens with one attached hydrogen (secondary N) is 3. The first-order valence-electron chi connectivity index (χ1n) is 8.14. The van der Waals surface area contributed by atoms with Crippen LogP contribution in [0.15, 0.2) is 35.0 Å².